The molecule has 1 aliphatic heterocycles. The van der Waals surface area contributed by atoms with Crippen LogP contribution in [-0.4, -0.2) is 11.1 Å². The van der Waals surface area contributed by atoms with E-state index in [2.05, 4.69) is 9.98 Å². The van der Waals surface area contributed by atoms with E-state index in [0.29, 0.717) is 5.69 Å². The van der Waals surface area contributed by atoms with Gasteiger partial charge in [-0.3, -0.25) is 4.98 Å². The van der Waals surface area contributed by atoms with Crippen LogP contribution in [0.5, 0.6) is 0 Å². The lowest BCUT2D eigenvalue weighted by molar-refractivity contribution is 0.565. The fraction of sp³-hybridized carbons (Fsp3) is 0.250. The van der Waals surface area contributed by atoms with Crippen LogP contribution in [0.15, 0.2) is 17.4 Å². The summed E-state index contributed by atoms with van der Waals surface area (Å²) in [5, 5.41) is 0. The van der Waals surface area contributed by atoms with Crippen LogP contribution in [0.2, 0.25) is 0 Å². The number of hydrogen-bond acceptors (Lipinski definition) is 4. The molecule has 0 bridgehead atoms. The van der Waals surface area contributed by atoms with E-state index in [4.69, 9.17) is 0 Å². The third-order valence-electron chi connectivity index (χ3n) is 1.79. The Morgan fingerprint density at radius 2 is 2.42 bits per heavy atom. The van der Waals surface area contributed by atoms with Gasteiger partial charge in [0.05, 0.1) is 11.9 Å². The van der Waals surface area contributed by atoms with E-state index >= 15 is 0 Å². The molecule has 2 rings (SSSR count). The molecule has 0 aromatic carbocycles. The molecular weight excluding hydrogens is 172 g/mol. The van der Waals surface area contributed by atoms with Crippen LogP contribution < -0.4 is 0 Å². The first-order valence-corrected chi connectivity index (χ1v) is 4.68. The lowest BCUT2D eigenvalue weighted by Gasteiger charge is -1.98. The summed E-state index contributed by atoms with van der Waals surface area (Å²) < 4.78 is 0. The van der Waals surface area contributed by atoms with Crippen molar-refractivity contribution in [2.75, 3.05) is 0 Å². The third kappa shape index (κ3) is 1.15. The van der Waals surface area contributed by atoms with Gasteiger partial charge >= 0.3 is 0 Å². The van der Waals surface area contributed by atoms with Gasteiger partial charge in [-0.25, -0.2) is 4.79 Å². The van der Waals surface area contributed by atoms with Crippen LogP contribution in [0, 0.1) is 0 Å². The van der Waals surface area contributed by atoms with Gasteiger partial charge in [0.1, 0.15) is 0 Å². The second kappa shape index (κ2) is 3.09. The van der Waals surface area contributed by atoms with E-state index in [1.807, 2.05) is 18.0 Å². The zero-order valence-corrected chi connectivity index (χ0v) is 7.10. The number of rotatable bonds is 1. The number of nitrogens with zero attached hydrogens (tertiary/aromatic N) is 2. The molecule has 0 unspecified atom stereocenters. The molecule has 0 saturated carbocycles. The monoisotopic (exact) mass is 178 g/mol. The fourth-order valence-electron chi connectivity index (χ4n) is 1.22. The Bertz CT molecular complexity index is 358. The van der Waals surface area contributed by atoms with Gasteiger partial charge in [0.15, 0.2) is 0 Å². The lowest BCUT2D eigenvalue weighted by Crippen LogP contribution is -1.84. The topological polar surface area (TPSA) is 42.3 Å². The third-order valence-corrected chi connectivity index (χ3v) is 2.80. The SMILES string of the molecule is O=C=Nc1cncc2c1CSC2. The van der Waals surface area contributed by atoms with Crippen molar-refractivity contribution >= 4 is 23.5 Å². The summed E-state index contributed by atoms with van der Waals surface area (Å²) in [7, 11) is 0. The average molecular weight is 178 g/mol. The number of aromatic nitrogens is 1. The predicted molar refractivity (Wildman–Crippen MR) is 47.0 cm³/mol. The van der Waals surface area contributed by atoms with Crippen molar-refractivity contribution in [1.29, 1.82) is 0 Å². The molecule has 4 heteroatoms. The van der Waals surface area contributed by atoms with Crippen LogP contribution in [-0.2, 0) is 16.3 Å². The van der Waals surface area contributed by atoms with Crippen molar-refractivity contribution in [1.82, 2.24) is 4.98 Å². The number of isocyanates is 1. The molecule has 0 amide bonds. The summed E-state index contributed by atoms with van der Waals surface area (Å²) in [6.45, 7) is 0. The van der Waals surface area contributed by atoms with E-state index in [9.17, 15) is 4.79 Å². The molecule has 0 N–H and O–H groups in total. The second-order valence-electron chi connectivity index (χ2n) is 2.49. The molecule has 1 aromatic rings. The zero-order valence-electron chi connectivity index (χ0n) is 6.28. The van der Waals surface area contributed by atoms with Crippen molar-refractivity contribution in [2.45, 2.75) is 11.5 Å². The molecule has 60 valence electrons. The molecule has 0 saturated heterocycles. The highest BCUT2D eigenvalue weighted by Gasteiger charge is 2.14. The molecular formula is C8H6N2OS. The summed E-state index contributed by atoms with van der Waals surface area (Å²) >= 11 is 1.81. The zero-order chi connectivity index (χ0) is 8.39. The van der Waals surface area contributed by atoms with E-state index in [-0.39, 0.29) is 0 Å². The average Bonchev–Trinajstić information content (AvgIpc) is 2.53. The first-order valence-electron chi connectivity index (χ1n) is 3.53. The van der Waals surface area contributed by atoms with Crippen LogP contribution in [0.4, 0.5) is 5.69 Å². The first kappa shape index (κ1) is 7.53. The standard InChI is InChI=1S/C8H6N2OS/c11-5-10-8-2-9-1-6-3-12-4-7(6)8/h1-2H,3-4H2. The molecule has 0 spiro atoms. The summed E-state index contributed by atoms with van der Waals surface area (Å²) in [5.41, 5.74) is 3.00. The molecule has 2 heterocycles. The fourth-order valence-corrected chi connectivity index (χ4v) is 2.33. The number of aliphatic imine (C=N–C) groups is 1. The molecule has 0 aliphatic carbocycles. The molecule has 3 nitrogen and oxygen atoms in total. The van der Waals surface area contributed by atoms with E-state index < -0.39 is 0 Å². The maximum atomic E-state index is 10.0. The van der Waals surface area contributed by atoms with Crippen molar-refractivity contribution in [3.05, 3.63) is 23.5 Å². The normalized spacial score (nSPS) is 13.7. The van der Waals surface area contributed by atoms with Crippen molar-refractivity contribution in [3.8, 4) is 0 Å². The highest BCUT2D eigenvalue weighted by molar-refractivity contribution is 7.98. The minimum Gasteiger partial charge on any atom is -0.262 e. The number of pyridine rings is 1. The largest absolute Gasteiger partial charge is 0.262 e. The second-order valence-corrected chi connectivity index (χ2v) is 3.48. The van der Waals surface area contributed by atoms with Crippen molar-refractivity contribution in [3.63, 3.8) is 0 Å². The quantitative estimate of drug-likeness (QED) is 0.486. The maximum Gasteiger partial charge on any atom is 0.240 e. The van der Waals surface area contributed by atoms with E-state index in [1.165, 1.54) is 11.6 Å². The highest BCUT2D eigenvalue weighted by Crippen LogP contribution is 2.34. The summed E-state index contributed by atoms with van der Waals surface area (Å²) in [5.74, 6) is 1.91. The van der Waals surface area contributed by atoms with Gasteiger partial charge < -0.3 is 0 Å². The molecule has 0 atom stereocenters. The summed E-state index contributed by atoms with van der Waals surface area (Å²) in [6, 6.07) is 0. The molecule has 1 aliphatic rings. The Hall–Kier alpha value is -1.12. The van der Waals surface area contributed by atoms with E-state index in [1.54, 1.807) is 6.20 Å². The van der Waals surface area contributed by atoms with E-state index in [0.717, 1.165) is 17.1 Å². The van der Waals surface area contributed by atoms with Crippen molar-refractivity contribution in [2.24, 2.45) is 4.99 Å². The van der Waals surface area contributed by atoms with Gasteiger partial charge in [-0.2, -0.15) is 16.8 Å². The predicted octanol–water partition coefficient (Wildman–Crippen LogP) is 1.80. The van der Waals surface area contributed by atoms with Crippen LogP contribution in [0.3, 0.4) is 0 Å². The molecule has 0 fully saturated rings. The van der Waals surface area contributed by atoms with Gasteiger partial charge in [-0.05, 0) is 11.1 Å². The van der Waals surface area contributed by atoms with Crippen LogP contribution in [0.25, 0.3) is 0 Å². The highest BCUT2D eigenvalue weighted by atomic mass is 32.2. The number of thioether (sulfide) groups is 1. The summed E-state index contributed by atoms with van der Waals surface area (Å²) in [4.78, 5) is 17.6. The molecule has 1 aromatic heterocycles. The number of carbonyl (C=O) groups excluding carboxylic acids is 1. The van der Waals surface area contributed by atoms with Crippen LogP contribution in [0.1, 0.15) is 11.1 Å². The smallest absolute Gasteiger partial charge is 0.240 e. The maximum absolute atomic E-state index is 10.0. The Labute approximate surface area is 73.9 Å². The van der Waals surface area contributed by atoms with Gasteiger partial charge in [0, 0.05) is 17.7 Å². The lowest BCUT2D eigenvalue weighted by atomic mass is 10.1. The molecule has 0 radical (unpaired) electrons. The van der Waals surface area contributed by atoms with Gasteiger partial charge in [0.25, 0.3) is 0 Å². The van der Waals surface area contributed by atoms with Gasteiger partial charge in [0.2, 0.25) is 6.08 Å². The first-order chi connectivity index (χ1) is 5.92. The minimum atomic E-state index is 0.674. The molecule has 12 heavy (non-hydrogen) atoms. The number of hydrogen-bond donors (Lipinski definition) is 0. The summed E-state index contributed by atoms with van der Waals surface area (Å²) in [6.07, 6.45) is 4.98. The van der Waals surface area contributed by atoms with Gasteiger partial charge in [-0.15, -0.1) is 0 Å². The Morgan fingerprint density at radius 3 is 3.25 bits per heavy atom. The van der Waals surface area contributed by atoms with Crippen LogP contribution >= 0.6 is 11.8 Å². The van der Waals surface area contributed by atoms with Crippen molar-refractivity contribution < 1.29 is 4.79 Å². The number of fused-ring (bicyclic) bond motifs is 1. The van der Waals surface area contributed by atoms with Gasteiger partial charge in [-0.1, -0.05) is 0 Å². The minimum absolute atomic E-state index is 0.674. The Morgan fingerprint density at radius 1 is 1.50 bits per heavy atom. The Balaban J connectivity index is 2.56. The Kier molecular flexibility index (Phi) is 1.94.